The van der Waals surface area contributed by atoms with Crippen LogP contribution in [-0.4, -0.2) is 35.2 Å². The zero-order valence-electron chi connectivity index (χ0n) is 6.29. The maximum absolute atomic E-state index is 8.97. The minimum absolute atomic E-state index is 0.372. The molecule has 2 fully saturated rings. The zero-order chi connectivity index (χ0) is 6.97. The van der Waals surface area contributed by atoms with E-state index < -0.39 is 0 Å². The highest BCUT2D eigenvalue weighted by Gasteiger charge is 2.35. The summed E-state index contributed by atoms with van der Waals surface area (Å²) in [5.74, 6) is 0. The first kappa shape index (κ1) is 6.62. The molecule has 2 rings (SSSR count). The van der Waals surface area contributed by atoms with Crippen LogP contribution in [0.2, 0.25) is 0 Å². The average Bonchev–Trinajstić information content (AvgIpc) is 2.44. The maximum atomic E-state index is 8.97. The van der Waals surface area contributed by atoms with Gasteiger partial charge in [0.1, 0.15) is 0 Å². The zero-order valence-corrected chi connectivity index (χ0v) is 6.29. The number of fused-ring (bicyclic) bond motifs is 1. The number of nitrogens with zero attached hydrogens (tertiary/aromatic N) is 1. The van der Waals surface area contributed by atoms with Crippen molar-refractivity contribution in [2.45, 2.75) is 37.8 Å². The Morgan fingerprint density at radius 1 is 1.30 bits per heavy atom. The van der Waals surface area contributed by atoms with E-state index in [1.54, 1.807) is 0 Å². The lowest BCUT2D eigenvalue weighted by molar-refractivity contribution is 0.155. The molecule has 0 unspecified atom stereocenters. The molecule has 0 radical (unpaired) electrons. The molecular formula is C8H15NO. The lowest BCUT2D eigenvalue weighted by Gasteiger charge is -2.21. The average molecular weight is 141 g/mol. The van der Waals surface area contributed by atoms with Crippen LogP contribution in [0.15, 0.2) is 0 Å². The highest BCUT2D eigenvalue weighted by atomic mass is 16.3. The molecule has 0 aromatic carbocycles. The molecule has 10 heavy (non-hydrogen) atoms. The highest BCUT2D eigenvalue weighted by molar-refractivity contribution is 4.91. The maximum Gasteiger partial charge on any atom is 0.0586 e. The summed E-state index contributed by atoms with van der Waals surface area (Å²) in [6.45, 7) is 1.60. The molecule has 58 valence electrons. The quantitative estimate of drug-likeness (QED) is 0.578. The van der Waals surface area contributed by atoms with Gasteiger partial charge in [-0.3, -0.25) is 4.90 Å². The van der Waals surface area contributed by atoms with Gasteiger partial charge in [-0.05, 0) is 32.2 Å². The predicted molar refractivity (Wildman–Crippen MR) is 39.8 cm³/mol. The van der Waals surface area contributed by atoms with Crippen LogP contribution in [-0.2, 0) is 0 Å². The van der Waals surface area contributed by atoms with E-state index in [-0.39, 0.29) is 0 Å². The predicted octanol–water partition coefficient (Wildman–Crippen LogP) is 0.605. The van der Waals surface area contributed by atoms with Crippen molar-refractivity contribution in [2.24, 2.45) is 0 Å². The Bertz CT molecular complexity index is 126. The van der Waals surface area contributed by atoms with Crippen molar-refractivity contribution in [3.05, 3.63) is 0 Å². The SMILES string of the molecule is OC[C@@H]1CC[C@@H]2CCCN21. The molecule has 0 spiro atoms. The van der Waals surface area contributed by atoms with Gasteiger partial charge in [-0.25, -0.2) is 0 Å². The van der Waals surface area contributed by atoms with Gasteiger partial charge in [-0.15, -0.1) is 0 Å². The van der Waals surface area contributed by atoms with Gasteiger partial charge in [0.2, 0.25) is 0 Å². The monoisotopic (exact) mass is 141 g/mol. The standard InChI is InChI=1S/C8H15NO/c10-6-8-4-3-7-2-1-5-9(7)8/h7-8,10H,1-6H2/t7-,8-/m0/s1. The van der Waals surface area contributed by atoms with Gasteiger partial charge in [0.25, 0.3) is 0 Å². The lowest BCUT2D eigenvalue weighted by Crippen LogP contribution is -2.33. The van der Waals surface area contributed by atoms with E-state index in [4.69, 9.17) is 5.11 Å². The van der Waals surface area contributed by atoms with Gasteiger partial charge < -0.3 is 5.11 Å². The summed E-state index contributed by atoms with van der Waals surface area (Å²) in [4.78, 5) is 2.49. The summed E-state index contributed by atoms with van der Waals surface area (Å²) in [6.07, 6.45) is 5.27. The molecule has 0 saturated carbocycles. The summed E-state index contributed by atoms with van der Waals surface area (Å²) in [5.41, 5.74) is 0. The summed E-state index contributed by atoms with van der Waals surface area (Å²) < 4.78 is 0. The lowest BCUT2D eigenvalue weighted by atomic mass is 10.1. The van der Waals surface area contributed by atoms with Crippen molar-refractivity contribution < 1.29 is 5.11 Å². The number of aliphatic hydroxyl groups is 1. The van der Waals surface area contributed by atoms with E-state index in [0.29, 0.717) is 12.6 Å². The molecule has 0 aromatic rings. The third kappa shape index (κ3) is 0.867. The smallest absolute Gasteiger partial charge is 0.0586 e. The van der Waals surface area contributed by atoms with Gasteiger partial charge in [-0.1, -0.05) is 0 Å². The van der Waals surface area contributed by atoms with Crippen LogP contribution in [0.3, 0.4) is 0 Å². The molecule has 2 nitrogen and oxygen atoms in total. The molecule has 0 aromatic heterocycles. The number of aliphatic hydroxyl groups excluding tert-OH is 1. The molecular weight excluding hydrogens is 126 g/mol. The van der Waals surface area contributed by atoms with E-state index in [1.165, 1.54) is 32.2 Å². The fourth-order valence-electron chi connectivity index (χ4n) is 2.40. The topological polar surface area (TPSA) is 23.5 Å². The van der Waals surface area contributed by atoms with E-state index in [1.807, 2.05) is 0 Å². The second-order valence-corrected chi connectivity index (χ2v) is 3.45. The summed E-state index contributed by atoms with van der Waals surface area (Å²) in [5, 5.41) is 8.97. The van der Waals surface area contributed by atoms with Crippen LogP contribution < -0.4 is 0 Å². The van der Waals surface area contributed by atoms with Crippen molar-refractivity contribution in [3.8, 4) is 0 Å². The molecule has 2 saturated heterocycles. The fraction of sp³-hybridized carbons (Fsp3) is 1.00. The van der Waals surface area contributed by atoms with E-state index >= 15 is 0 Å². The highest BCUT2D eigenvalue weighted by Crippen LogP contribution is 2.31. The van der Waals surface area contributed by atoms with Crippen LogP contribution in [0.1, 0.15) is 25.7 Å². The molecule has 2 atom stereocenters. The molecule has 1 N–H and O–H groups in total. The largest absolute Gasteiger partial charge is 0.395 e. The van der Waals surface area contributed by atoms with E-state index in [2.05, 4.69) is 4.90 Å². The minimum atomic E-state index is 0.372. The second kappa shape index (κ2) is 2.51. The Hall–Kier alpha value is -0.0800. The first-order chi connectivity index (χ1) is 4.92. The second-order valence-electron chi connectivity index (χ2n) is 3.45. The molecule has 0 amide bonds. The van der Waals surface area contributed by atoms with Crippen molar-refractivity contribution in [3.63, 3.8) is 0 Å². The Morgan fingerprint density at radius 3 is 3.00 bits per heavy atom. The van der Waals surface area contributed by atoms with Gasteiger partial charge >= 0.3 is 0 Å². The third-order valence-corrected chi connectivity index (χ3v) is 2.94. The first-order valence-corrected chi connectivity index (χ1v) is 4.28. The van der Waals surface area contributed by atoms with Gasteiger partial charge in [0.05, 0.1) is 6.61 Å². The molecule has 2 heteroatoms. The van der Waals surface area contributed by atoms with Gasteiger partial charge in [0, 0.05) is 12.1 Å². The van der Waals surface area contributed by atoms with Crippen LogP contribution in [0.5, 0.6) is 0 Å². The summed E-state index contributed by atoms with van der Waals surface area (Å²) in [7, 11) is 0. The van der Waals surface area contributed by atoms with Crippen LogP contribution in [0, 0.1) is 0 Å². The van der Waals surface area contributed by atoms with Crippen molar-refractivity contribution in [1.82, 2.24) is 4.90 Å². The number of hydrogen-bond acceptors (Lipinski definition) is 2. The normalized spacial score (nSPS) is 40.5. The number of hydrogen-bond donors (Lipinski definition) is 1. The van der Waals surface area contributed by atoms with Crippen LogP contribution >= 0.6 is 0 Å². The first-order valence-electron chi connectivity index (χ1n) is 4.28. The Kier molecular flexibility index (Phi) is 1.66. The van der Waals surface area contributed by atoms with Crippen molar-refractivity contribution in [1.29, 1.82) is 0 Å². The van der Waals surface area contributed by atoms with E-state index in [0.717, 1.165) is 6.04 Å². The van der Waals surface area contributed by atoms with Gasteiger partial charge in [-0.2, -0.15) is 0 Å². The molecule has 2 heterocycles. The third-order valence-electron chi connectivity index (χ3n) is 2.94. The summed E-state index contributed by atoms with van der Waals surface area (Å²) in [6, 6.07) is 1.34. The summed E-state index contributed by atoms with van der Waals surface area (Å²) >= 11 is 0. The molecule has 0 aliphatic carbocycles. The molecule has 0 bridgehead atoms. The van der Waals surface area contributed by atoms with E-state index in [9.17, 15) is 0 Å². The van der Waals surface area contributed by atoms with Crippen molar-refractivity contribution in [2.75, 3.05) is 13.2 Å². The minimum Gasteiger partial charge on any atom is -0.395 e. The van der Waals surface area contributed by atoms with Crippen LogP contribution in [0.25, 0.3) is 0 Å². The van der Waals surface area contributed by atoms with Gasteiger partial charge in [0.15, 0.2) is 0 Å². The Balaban J connectivity index is 2.01. The molecule has 2 aliphatic rings. The van der Waals surface area contributed by atoms with Crippen molar-refractivity contribution >= 4 is 0 Å². The molecule has 2 aliphatic heterocycles. The Labute approximate surface area is 61.8 Å². The Morgan fingerprint density at radius 2 is 2.20 bits per heavy atom. The van der Waals surface area contributed by atoms with Crippen LogP contribution in [0.4, 0.5) is 0 Å². The number of rotatable bonds is 1. The fourth-order valence-corrected chi connectivity index (χ4v) is 2.40.